The van der Waals surface area contributed by atoms with Crippen molar-refractivity contribution in [3.63, 3.8) is 0 Å². The SMILES string of the molecule is NC(=NCC(=O)N1CCc2ccccc21)NC1CCCCCC1. The molecule has 1 amide bonds. The number of rotatable bonds is 3. The van der Waals surface area contributed by atoms with Crippen LogP contribution < -0.4 is 16.0 Å². The highest BCUT2D eigenvalue weighted by Gasteiger charge is 2.23. The lowest BCUT2D eigenvalue weighted by molar-refractivity contribution is -0.117. The number of anilines is 1. The van der Waals surface area contributed by atoms with Crippen LogP contribution in [0.1, 0.15) is 44.1 Å². The van der Waals surface area contributed by atoms with Crippen LogP contribution in [0.4, 0.5) is 5.69 Å². The van der Waals surface area contributed by atoms with E-state index in [1.807, 2.05) is 23.1 Å². The second-order valence-corrected chi connectivity index (χ2v) is 6.46. The quantitative estimate of drug-likeness (QED) is 0.510. The fourth-order valence-electron chi connectivity index (χ4n) is 3.51. The molecule has 0 radical (unpaired) electrons. The van der Waals surface area contributed by atoms with Gasteiger partial charge in [-0.2, -0.15) is 0 Å². The molecule has 1 saturated carbocycles. The third kappa shape index (κ3) is 4.03. The van der Waals surface area contributed by atoms with E-state index in [1.165, 1.54) is 31.2 Å². The van der Waals surface area contributed by atoms with Gasteiger partial charge < -0.3 is 16.0 Å². The minimum atomic E-state index is 0.0144. The van der Waals surface area contributed by atoms with Crippen molar-refractivity contribution < 1.29 is 4.79 Å². The van der Waals surface area contributed by atoms with E-state index in [4.69, 9.17) is 5.73 Å². The average Bonchev–Trinajstić information content (AvgIpc) is 2.83. The number of hydrogen-bond acceptors (Lipinski definition) is 2. The average molecular weight is 314 g/mol. The molecule has 0 atom stereocenters. The first-order chi connectivity index (χ1) is 11.2. The fourth-order valence-corrected chi connectivity index (χ4v) is 3.51. The van der Waals surface area contributed by atoms with Crippen LogP contribution in [0.3, 0.4) is 0 Å². The maximum Gasteiger partial charge on any atom is 0.248 e. The number of carbonyl (C=O) groups is 1. The highest BCUT2D eigenvalue weighted by atomic mass is 16.2. The number of guanidine groups is 1. The lowest BCUT2D eigenvalue weighted by Gasteiger charge is -2.18. The first kappa shape index (κ1) is 15.8. The first-order valence-electron chi connectivity index (χ1n) is 8.69. The van der Waals surface area contributed by atoms with Crippen molar-refractivity contribution in [1.29, 1.82) is 0 Å². The Hall–Kier alpha value is -2.04. The molecule has 2 aliphatic rings. The van der Waals surface area contributed by atoms with Crippen LogP contribution in [0.15, 0.2) is 29.3 Å². The molecular weight excluding hydrogens is 288 g/mol. The zero-order valence-electron chi connectivity index (χ0n) is 13.6. The maximum absolute atomic E-state index is 12.4. The predicted molar refractivity (Wildman–Crippen MR) is 93.6 cm³/mol. The molecule has 23 heavy (non-hydrogen) atoms. The molecule has 3 rings (SSSR count). The molecule has 0 unspecified atom stereocenters. The highest BCUT2D eigenvalue weighted by molar-refractivity contribution is 5.97. The summed E-state index contributed by atoms with van der Waals surface area (Å²) >= 11 is 0. The number of benzene rings is 1. The second kappa shape index (κ2) is 7.49. The molecule has 1 fully saturated rings. The van der Waals surface area contributed by atoms with E-state index in [0.717, 1.165) is 31.5 Å². The van der Waals surface area contributed by atoms with Gasteiger partial charge in [0.1, 0.15) is 6.54 Å². The second-order valence-electron chi connectivity index (χ2n) is 6.46. The third-order valence-corrected chi connectivity index (χ3v) is 4.78. The van der Waals surface area contributed by atoms with Gasteiger partial charge in [-0.15, -0.1) is 0 Å². The minimum absolute atomic E-state index is 0.0144. The van der Waals surface area contributed by atoms with Gasteiger partial charge in [0.2, 0.25) is 5.91 Å². The topological polar surface area (TPSA) is 70.7 Å². The highest BCUT2D eigenvalue weighted by Crippen LogP contribution is 2.27. The Morgan fingerprint density at radius 3 is 2.74 bits per heavy atom. The van der Waals surface area contributed by atoms with Gasteiger partial charge in [-0.1, -0.05) is 43.9 Å². The molecule has 5 nitrogen and oxygen atoms in total. The number of nitrogens with two attached hydrogens (primary N) is 1. The number of para-hydroxylation sites is 1. The summed E-state index contributed by atoms with van der Waals surface area (Å²) in [5.41, 5.74) is 8.21. The van der Waals surface area contributed by atoms with Crippen LogP contribution in [0.25, 0.3) is 0 Å². The van der Waals surface area contributed by atoms with Crippen molar-refractivity contribution in [3.8, 4) is 0 Å². The van der Waals surface area contributed by atoms with E-state index in [1.54, 1.807) is 0 Å². The Kier molecular flexibility index (Phi) is 5.16. The van der Waals surface area contributed by atoms with Gasteiger partial charge in [-0.3, -0.25) is 4.79 Å². The van der Waals surface area contributed by atoms with Crippen molar-refractivity contribution in [2.45, 2.75) is 51.0 Å². The van der Waals surface area contributed by atoms with E-state index in [2.05, 4.69) is 16.4 Å². The van der Waals surface area contributed by atoms with Gasteiger partial charge in [-0.25, -0.2) is 4.99 Å². The number of aliphatic imine (C=N–C) groups is 1. The summed E-state index contributed by atoms with van der Waals surface area (Å²) in [4.78, 5) is 18.5. The number of fused-ring (bicyclic) bond motifs is 1. The van der Waals surface area contributed by atoms with E-state index in [9.17, 15) is 4.79 Å². The van der Waals surface area contributed by atoms with Crippen molar-refractivity contribution in [2.75, 3.05) is 18.0 Å². The van der Waals surface area contributed by atoms with Crippen LogP contribution in [-0.4, -0.2) is 31.0 Å². The molecule has 1 aromatic rings. The number of carbonyl (C=O) groups excluding carboxylic acids is 1. The molecule has 1 aliphatic carbocycles. The van der Waals surface area contributed by atoms with Gasteiger partial charge in [0.15, 0.2) is 5.96 Å². The summed E-state index contributed by atoms with van der Waals surface area (Å²) in [7, 11) is 0. The summed E-state index contributed by atoms with van der Waals surface area (Å²) in [6.07, 6.45) is 8.31. The first-order valence-corrected chi connectivity index (χ1v) is 8.69. The number of amides is 1. The zero-order chi connectivity index (χ0) is 16.1. The zero-order valence-corrected chi connectivity index (χ0v) is 13.6. The minimum Gasteiger partial charge on any atom is -0.370 e. The van der Waals surface area contributed by atoms with Crippen molar-refractivity contribution in [3.05, 3.63) is 29.8 Å². The monoisotopic (exact) mass is 314 g/mol. The molecule has 124 valence electrons. The van der Waals surface area contributed by atoms with Gasteiger partial charge in [-0.05, 0) is 30.9 Å². The number of hydrogen-bond donors (Lipinski definition) is 2. The van der Waals surface area contributed by atoms with Crippen molar-refractivity contribution in [1.82, 2.24) is 5.32 Å². The molecule has 0 spiro atoms. The summed E-state index contributed by atoms with van der Waals surface area (Å²) in [5.74, 6) is 0.415. The summed E-state index contributed by atoms with van der Waals surface area (Å²) in [6.45, 7) is 0.851. The molecule has 1 aliphatic heterocycles. The van der Waals surface area contributed by atoms with Crippen LogP contribution in [0.2, 0.25) is 0 Å². The van der Waals surface area contributed by atoms with Gasteiger partial charge in [0.25, 0.3) is 0 Å². The standard InChI is InChI=1S/C18H26N4O/c19-18(21-15-8-3-1-2-4-9-15)20-13-17(23)22-12-11-14-7-5-6-10-16(14)22/h5-7,10,15H,1-4,8-9,11-13H2,(H3,19,20,21). The normalized spacial score (nSPS) is 19.3. The van der Waals surface area contributed by atoms with Crippen LogP contribution in [0.5, 0.6) is 0 Å². The lowest BCUT2D eigenvalue weighted by atomic mass is 10.1. The van der Waals surface area contributed by atoms with Gasteiger partial charge in [0, 0.05) is 18.3 Å². The Labute approximate surface area is 138 Å². The molecule has 0 aromatic heterocycles. The van der Waals surface area contributed by atoms with E-state index >= 15 is 0 Å². The predicted octanol–water partition coefficient (Wildman–Crippen LogP) is 2.20. The maximum atomic E-state index is 12.4. The fraction of sp³-hybridized carbons (Fsp3) is 0.556. The van der Waals surface area contributed by atoms with E-state index in [0.29, 0.717) is 12.0 Å². The molecule has 1 heterocycles. The third-order valence-electron chi connectivity index (χ3n) is 4.78. The molecule has 0 saturated heterocycles. The summed E-state index contributed by atoms with van der Waals surface area (Å²) in [6, 6.07) is 8.46. The number of nitrogens with one attached hydrogen (secondary N) is 1. The van der Waals surface area contributed by atoms with Crippen LogP contribution in [-0.2, 0) is 11.2 Å². The Balaban J connectivity index is 1.54. The van der Waals surface area contributed by atoms with Gasteiger partial charge in [0.05, 0.1) is 0 Å². The summed E-state index contributed by atoms with van der Waals surface area (Å²) in [5, 5.41) is 3.28. The molecular formula is C18H26N4O. The van der Waals surface area contributed by atoms with Crippen LogP contribution >= 0.6 is 0 Å². The van der Waals surface area contributed by atoms with Crippen molar-refractivity contribution >= 4 is 17.6 Å². The Bertz CT molecular complexity index is 576. The molecule has 3 N–H and O–H groups in total. The van der Waals surface area contributed by atoms with E-state index < -0.39 is 0 Å². The smallest absolute Gasteiger partial charge is 0.248 e. The van der Waals surface area contributed by atoms with Crippen molar-refractivity contribution in [2.24, 2.45) is 10.7 Å². The Morgan fingerprint density at radius 2 is 1.96 bits per heavy atom. The van der Waals surface area contributed by atoms with Gasteiger partial charge >= 0.3 is 0 Å². The number of nitrogens with zero attached hydrogens (tertiary/aromatic N) is 2. The summed E-state index contributed by atoms with van der Waals surface area (Å²) < 4.78 is 0. The lowest BCUT2D eigenvalue weighted by Crippen LogP contribution is -2.41. The molecule has 0 bridgehead atoms. The molecule has 5 heteroatoms. The van der Waals surface area contributed by atoms with E-state index in [-0.39, 0.29) is 12.5 Å². The van der Waals surface area contributed by atoms with Crippen LogP contribution in [0, 0.1) is 0 Å². The molecule has 1 aromatic carbocycles. The largest absolute Gasteiger partial charge is 0.370 e. The Morgan fingerprint density at radius 1 is 1.22 bits per heavy atom.